The molecular weight excluding hydrogens is 406 g/mol. The number of fused-ring (bicyclic) bond motifs is 1. The number of nitrogens with zero attached hydrogens (tertiary/aromatic N) is 3. The van der Waals surface area contributed by atoms with Crippen LogP contribution in [0.4, 0.5) is 14.6 Å². The summed E-state index contributed by atoms with van der Waals surface area (Å²) >= 11 is 1.05. The van der Waals surface area contributed by atoms with E-state index in [2.05, 4.69) is 10.5 Å². The van der Waals surface area contributed by atoms with Crippen molar-refractivity contribution in [2.24, 2.45) is 0 Å². The number of rotatable bonds is 4. The van der Waals surface area contributed by atoms with Gasteiger partial charge in [-0.2, -0.15) is 0 Å². The lowest BCUT2D eigenvalue weighted by Gasteiger charge is -2.12. The summed E-state index contributed by atoms with van der Waals surface area (Å²) in [6, 6.07) is 5.38. The fraction of sp³-hybridized carbons (Fsp3) is 0.111. The van der Waals surface area contributed by atoms with Crippen LogP contribution in [-0.4, -0.2) is 20.2 Å². The molecule has 0 aliphatic carbocycles. The molecule has 148 valence electrons. The van der Waals surface area contributed by atoms with Gasteiger partial charge in [0.2, 0.25) is 5.91 Å². The number of aryl methyl sites for hydroxylation is 1. The summed E-state index contributed by atoms with van der Waals surface area (Å²) in [4.78, 5) is 38.1. The highest BCUT2D eigenvalue weighted by molar-refractivity contribution is 7.17. The highest BCUT2D eigenvalue weighted by Crippen LogP contribution is 2.17. The molecule has 4 rings (SSSR count). The van der Waals surface area contributed by atoms with Crippen LogP contribution in [0.3, 0.4) is 0 Å². The number of nitrogens with one attached hydrogen (secondary N) is 1. The third-order valence-corrected chi connectivity index (χ3v) is 4.95. The van der Waals surface area contributed by atoms with Crippen molar-refractivity contribution < 1.29 is 18.1 Å². The first-order valence-electron chi connectivity index (χ1n) is 8.26. The van der Waals surface area contributed by atoms with Crippen LogP contribution in [0.1, 0.15) is 5.76 Å². The lowest BCUT2D eigenvalue weighted by Crippen LogP contribution is -2.40. The van der Waals surface area contributed by atoms with Crippen molar-refractivity contribution >= 4 is 33.3 Å². The lowest BCUT2D eigenvalue weighted by atomic mass is 10.3. The van der Waals surface area contributed by atoms with E-state index in [1.807, 2.05) is 0 Å². The van der Waals surface area contributed by atoms with Crippen molar-refractivity contribution in [2.45, 2.75) is 13.5 Å². The number of hydrogen-bond acceptors (Lipinski definition) is 6. The third kappa shape index (κ3) is 3.47. The molecule has 1 N–H and O–H groups in total. The standard InChI is InChI=1S/C18H12F2N4O4S/c1-9-4-14(22-28-9)21-15(25)8-23-13-2-3-29-16(13)17(26)24(18(23)27)12-6-10(19)5-11(20)7-12/h2-7H,8H2,1H3,(H,21,22,25). The van der Waals surface area contributed by atoms with Gasteiger partial charge in [0.05, 0.1) is 11.2 Å². The molecule has 0 bridgehead atoms. The van der Waals surface area contributed by atoms with Crippen molar-refractivity contribution in [2.75, 3.05) is 5.32 Å². The molecule has 0 spiro atoms. The summed E-state index contributed by atoms with van der Waals surface area (Å²) < 4.78 is 34.0. The van der Waals surface area contributed by atoms with E-state index in [4.69, 9.17) is 4.52 Å². The highest BCUT2D eigenvalue weighted by Gasteiger charge is 2.19. The van der Waals surface area contributed by atoms with Crippen LogP contribution in [0, 0.1) is 18.6 Å². The molecule has 29 heavy (non-hydrogen) atoms. The molecule has 0 unspecified atom stereocenters. The van der Waals surface area contributed by atoms with Crippen molar-refractivity contribution in [1.82, 2.24) is 14.3 Å². The van der Waals surface area contributed by atoms with Gasteiger partial charge in [-0.3, -0.25) is 14.2 Å². The topological polar surface area (TPSA) is 99.1 Å². The first kappa shape index (κ1) is 18.7. The van der Waals surface area contributed by atoms with Gasteiger partial charge in [-0.1, -0.05) is 5.16 Å². The number of carbonyl (C=O) groups is 1. The van der Waals surface area contributed by atoms with Gasteiger partial charge in [0, 0.05) is 12.1 Å². The quantitative estimate of drug-likeness (QED) is 0.549. The van der Waals surface area contributed by atoms with E-state index in [0.717, 1.165) is 28.0 Å². The summed E-state index contributed by atoms with van der Waals surface area (Å²) in [6.45, 7) is 1.20. The zero-order valence-electron chi connectivity index (χ0n) is 14.8. The van der Waals surface area contributed by atoms with Gasteiger partial charge < -0.3 is 9.84 Å². The number of benzene rings is 1. The van der Waals surface area contributed by atoms with Crippen LogP contribution in [0.2, 0.25) is 0 Å². The summed E-state index contributed by atoms with van der Waals surface area (Å²) in [6.07, 6.45) is 0. The second-order valence-corrected chi connectivity index (χ2v) is 7.06. The van der Waals surface area contributed by atoms with Crippen LogP contribution in [0.25, 0.3) is 15.9 Å². The summed E-state index contributed by atoms with van der Waals surface area (Å²) in [5.74, 6) is -1.82. The van der Waals surface area contributed by atoms with Gasteiger partial charge in [0.1, 0.15) is 28.6 Å². The molecule has 0 radical (unpaired) electrons. The van der Waals surface area contributed by atoms with Gasteiger partial charge in [0.25, 0.3) is 5.56 Å². The Morgan fingerprint density at radius 2 is 1.93 bits per heavy atom. The minimum Gasteiger partial charge on any atom is -0.360 e. The Morgan fingerprint density at radius 3 is 2.59 bits per heavy atom. The van der Waals surface area contributed by atoms with Crippen LogP contribution >= 0.6 is 11.3 Å². The third-order valence-electron chi connectivity index (χ3n) is 4.06. The highest BCUT2D eigenvalue weighted by atomic mass is 32.1. The van der Waals surface area contributed by atoms with E-state index >= 15 is 0 Å². The van der Waals surface area contributed by atoms with E-state index in [9.17, 15) is 23.2 Å². The molecule has 1 amide bonds. The molecule has 11 heteroatoms. The molecular formula is C18H12F2N4O4S. The number of thiophene rings is 1. The number of halogens is 2. The Bertz CT molecular complexity index is 1350. The molecule has 1 aromatic carbocycles. The predicted octanol–water partition coefficient (Wildman–Crippen LogP) is 2.43. The maximum absolute atomic E-state index is 13.6. The first-order valence-corrected chi connectivity index (χ1v) is 9.14. The molecule has 0 saturated heterocycles. The number of anilines is 1. The normalized spacial score (nSPS) is 11.1. The fourth-order valence-corrected chi connectivity index (χ4v) is 3.71. The number of carbonyl (C=O) groups excluding carboxylic acids is 1. The number of hydrogen-bond donors (Lipinski definition) is 1. The zero-order chi connectivity index (χ0) is 20.7. The average Bonchev–Trinajstić information content (AvgIpc) is 3.27. The van der Waals surface area contributed by atoms with Crippen molar-refractivity contribution in [3.8, 4) is 5.69 Å². The Labute approximate surface area is 164 Å². The number of aromatic nitrogens is 3. The van der Waals surface area contributed by atoms with Gasteiger partial charge in [-0.15, -0.1) is 11.3 Å². The van der Waals surface area contributed by atoms with Crippen molar-refractivity contribution in [1.29, 1.82) is 0 Å². The van der Waals surface area contributed by atoms with E-state index in [1.165, 1.54) is 12.1 Å². The minimum atomic E-state index is -0.941. The van der Waals surface area contributed by atoms with Gasteiger partial charge in [0.15, 0.2) is 5.82 Å². The Balaban J connectivity index is 1.84. The second-order valence-electron chi connectivity index (χ2n) is 6.14. The maximum atomic E-state index is 13.6. The summed E-state index contributed by atoms with van der Waals surface area (Å²) in [5.41, 5.74) is -1.66. The molecule has 8 nitrogen and oxygen atoms in total. The molecule has 0 saturated carbocycles. The second kappa shape index (κ2) is 7.09. The SMILES string of the molecule is Cc1cc(NC(=O)Cn2c(=O)n(-c3cc(F)cc(F)c3)c(=O)c3sccc32)no1. The van der Waals surface area contributed by atoms with E-state index in [-0.39, 0.29) is 21.7 Å². The van der Waals surface area contributed by atoms with Crippen molar-refractivity contribution in [3.63, 3.8) is 0 Å². The van der Waals surface area contributed by atoms with E-state index in [1.54, 1.807) is 12.3 Å². The summed E-state index contributed by atoms with van der Waals surface area (Å²) in [7, 11) is 0. The van der Waals surface area contributed by atoms with Crippen LogP contribution < -0.4 is 16.6 Å². The van der Waals surface area contributed by atoms with Gasteiger partial charge in [-0.05, 0) is 30.5 Å². The Morgan fingerprint density at radius 1 is 1.21 bits per heavy atom. The lowest BCUT2D eigenvalue weighted by molar-refractivity contribution is -0.116. The van der Waals surface area contributed by atoms with Crippen LogP contribution in [-0.2, 0) is 11.3 Å². The zero-order valence-corrected chi connectivity index (χ0v) is 15.6. The van der Waals surface area contributed by atoms with Crippen molar-refractivity contribution in [3.05, 3.63) is 73.9 Å². The molecule has 0 aliphatic rings. The monoisotopic (exact) mass is 418 g/mol. The Hall–Kier alpha value is -3.60. The average molecular weight is 418 g/mol. The van der Waals surface area contributed by atoms with E-state index < -0.39 is 35.3 Å². The Kier molecular flexibility index (Phi) is 4.59. The summed E-state index contributed by atoms with van der Waals surface area (Å²) in [5, 5.41) is 7.70. The molecule has 3 aromatic heterocycles. The van der Waals surface area contributed by atoms with Crippen LogP contribution in [0.5, 0.6) is 0 Å². The predicted molar refractivity (Wildman–Crippen MR) is 101 cm³/mol. The molecule has 0 fully saturated rings. The molecule has 0 aliphatic heterocycles. The molecule has 0 atom stereocenters. The smallest absolute Gasteiger partial charge is 0.336 e. The minimum absolute atomic E-state index is 0.166. The maximum Gasteiger partial charge on any atom is 0.336 e. The first-order chi connectivity index (χ1) is 13.8. The van der Waals surface area contributed by atoms with Crippen LogP contribution in [0.15, 0.2) is 49.8 Å². The van der Waals surface area contributed by atoms with Gasteiger partial charge >= 0.3 is 5.69 Å². The number of amides is 1. The molecule has 4 aromatic rings. The fourth-order valence-electron chi connectivity index (χ4n) is 2.89. The van der Waals surface area contributed by atoms with E-state index in [0.29, 0.717) is 16.4 Å². The molecule has 3 heterocycles. The largest absolute Gasteiger partial charge is 0.360 e. The van der Waals surface area contributed by atoms with Gasteiger partial charge in [-0.25, -0.2) is 18.1 Å².